The van der Waals surface area contributed by atoms with E-state index in [1.54, 1.807) is 14.2 Å². The molecule has 2 aromatic carbocycles. The summed E-state index contributed by atoms with van der Waals surface area (Å²) in [5.74, 6) is 1.40. The van der Waals surface area contributed by atoms with Gasteiger partial charge in [-0.25, -0.2) is 4.39 Å². The van der Waals surface area contributed by atoms with E-state index in [1.807, 2.05) is 43.4 Å². The van der Waals surface area contributed by atoms with Crippen LogP contribution in [-0.4, -0.2) is 45.2 Å². The van der Waals surface area contributed by atoms with Gasteiger partial charge in [0.25, 0.3) is 0 Å². The highest BCUT2D eigenvalue weighted by molar-refractivity contribution is 14.0. The molecule has 0 heterocycles. The maximum Gasteiger partial charge on any atom is 0.191 e. The minimum atomic E-state index is -0.204. The number of guanidine groups is 1. The molecule has 0 spiro atoms. The fourth-order valence-corrected chi connectivity index (χ4v) is 2.50. The van der Waals surface area contributed by atoms with E-state index in [0.29, 0.717) is 6.54 Å². The molecule has 7 heteroatoms. The van der Waals surface area contributed by atoms with Gasteiger partial charge in [-0.2, -0.15) is 0 Å². The van der Waals surface area contributed by atoms with Crippen LogP contribution in [0.25, 0.3) is 0 Å². The van der Waals surface area contributed by atoms with Crippen molar-refractivity contribution in [3.63, 3.8) is 0 Å². The van der Waals surface area contributed by atoms with Crippen LogP contribution in [0.3, 0.4) is 0 Å². The molecular weight excluding hydrogens is 458 g/mol. The first-order valence-corrected chi connectivity index (χ1v) is 8.61. The molecule has 0 radical (unpaired) electrons. The molecular formula is C20H28FIN4O. The van der Waals surface area contributed by atoms with Gasteiger partial charge < -0.3 is 20.3 Å². The Kier molecular flexibility index (Phi) is 10.7. The molecule has 0 atom stereocenters. The topological polar surface area (TPSA) is 48.9 Å². The molecule has 0 bridgehead atoms. The maximum absolute atomic E-state index is 12.9. The maximum atomic E-state index is 12.9. The van der Waals surface area contributed by atoms with Gasteiger partial charge in [-0.05, 0) is 42.4 Å². The summed E-state index contributed by atoms with van der Waals surface area (Å²) < 4.78 is 18.1. The monoisotopic (exact) mass is 486 g/mol. The first-order valence-electron chi connectivity index (χ1n) is 8.61. The lowest BCUT2D eigenvalue weighted by Gasteiger charge is -2.18. The summed E-state index contributed by atoms with van der Waals surface area (Å²) in [5.41, 5.74) is 2.25. The summed E-state index contributed by atoms with van der Waals surface area (Å²) in [7, 11) is 5.45. The minimum absolute atomic E-state index is 0. The van der Waals surface area contributed by atoms with E-state index in [2.05, 4.69) is 20.5 Å². The third-order valence-electron chi connectivity index (χ3n) is 3.99. The van der Waals surface area contributed by atoms with Crippen LogP contribution >= 0.6 is 24.0 Å². The fourth-order valence-electron chi connectivity index (χ4n) is 2.50. The third kappa shape index (κ3) is 8.57. The molecule has 2 rings (SSSR count). The highest BCUT2D eigenvalue weighted by atomic mass is 127. The van der Waals surface area contributed by atoms with Crippen LogP contribution in [0, 0.1) is 5.82 Å². The third-order valence-corrected chi connectivity index (χ3v) is 3.99. The zero-order valence-electron chi connectivity index (χ0n) is 16.0. The number of likely N-dealkylation sites (N-methyl/N-ethyl adjacent to an activating group) is 1. The Morgan fingerprint density at radius 3 is 2.26 bits per heavy atom. The number of hydrogen-bond donors (Lipinski definition) is 2. The van der Waals surface area contributed by atoms with Crippen LogP contribution in [0.15, 0.2) is 53.5 Å². The fraction of sp³-hybridized carbons (Fsp3) is 0.350. The van der Waals surface area contributed by atoms with E-state index < -0.39 is 0 Å². The second kappa shape index (κ2) is 12.5. The Bertz CT molecular complexity index is 692. The molecule has 0 amide bonds. The molecule has 0 saturated heterocycles. The van der Waals surface area contributed by atoms with E-state index in [1.165, 1.54) is 12.1 Å². The average molecular weight is 486 g/mol. The SMILES string of the molecule is CN=C(NCCN(C)Cc1ccc(F)cc1)NCc1ccc(OC)cc1.I. The van der Waals surface area contributed by atoms with E-state index in [9.17, 15) is 4.39 Å². The van der Waals surface area contributed by atoms with Crippen LogP contribution in [0.4, 0.5) is 4.39 Å². The van der Waals surface area contributed by atoms with Crippen molar-refractivity contribution in [3.8, 4) is 5.75 Å². The lowest BCUT2D eigenvalue weighted by Crippen LogP contribution is -2.40. The summed E-state index contributed by atoms with van der Waals surface area (Å²) in [6.07, 6.45) is 0. The normalized spacial score (nSPS) is 11.1. The van der Waals surface area contributed by atoms with Crippen LogP contribution in [0.2, 0.25) is 0 Å². The van der Waals surface area contributed by atoms with Crippen molar-refractivity contribution in [1.29, 1.82) is 0 Å². The number of hydrogen-bond acceptors (Lipinski definition) is 3. The predicted molar refractivity (Wildman–Crippen MR) is 119 cm³/mol. The zero-order chi connectivity index (χ0) is 18.8. The average Bonchev–Trinajstić information content (AvgIpc) is 2.66. The van der Waals surface area contributed by atoms with Crippen molar-refractivity contribution in [2.24, 2.45) is 4.99 Å². The van der Waals surface area contributed by atoms with Crippen LogP contribution < -0.4 is 15.4 Å². The Labute approximate surface area is 178 Å². The number of rotatable bonds is 8. The predicted octanol–water partition coefficient (Wildman–Crippen LogP) is 3.25. The Morgan fingerprint density at radius 2 is 1.67 bits per heavy atom. The summed E-state index contributed by atoms with van der Waals surface area (Å²) in [5, 5.41) is 6.59. The molecule has 0 unspecified atom stereocenters. The van der Waals surface area contributed by atoms with E-state index in [-0.39, 0.29) is 29.8 Å². The highest BCUT2D eigenvalue weighted by Crippen LogP contribution is 2.10. The van der Waals surface area contributed by atoms with Crippen LogP contribution in [-0.2, 0) is 13.1 Å². The molecule has 0 aromatic heterocycles. The van der Waals surface area contributed by atoms with Gasteiger partial charge in [0.1, 0.15) is 11.6 Å². The highest BCUT2D eigenvalue weighted by Gasteiger charge is 2.03. The van der Waals surface area contributed by atoms with Crippen molar-refractivity contribution >= 4 is 29.9 Å². The van der Waals surface area contributed by atoms with Crippen LogP contribution in [0.5, 0.6) is 5.75 Å². The number of halogens is 2. The van der Waals surface area contributed by atoms with Gasteiger partial charge in [-0.1, -0.05) is 24.3 Å². The molecule has 0 aliphatic heterocycles. The van der Waals surface area contributed by atoms with Gasteiger partial charge in [-0.15, -0.1) is 24.0 Å². The molecule has 0 aliphatic rings. The molecule has 0 fully saturated rings. The molecule has 27 heavy (non-hydrogen) atoms. The quantitative estimate of drug-likeness (QED) is 0.342. The molecule has 148 valence electrons. The Morgan fingerprint density at radius 1 is 1.04 bits per heavy atom. The Balaban J connectivity index is 0.00000364. The first kappa shape index (κ1) is 23.2. The number of methoxy groups -OCH3 is 1. The number of ether oxygens (including phenoxy) is 1. The lowest BCUT2D eigenvalue weighted by molar-refractivity contribution is 0.331. The van der Waals surface area contributed by atoms with Crippen molar-refractivity contribution in [3.05, 3.63) is 65.5 Å². The van der Waals surface area contributed by atoms with E-state index in [0.717, 1.165) is 42.5 Å². The summed E-state index contributed by atoms with van der Waals surface area (Å²) in [6.45, 7) is 3.08. The Hall–Kier alpha value is -1.87. The molecule has 0 saturated carbocycles. The van der Waals surface area contributed by atoms with Gasteiger partial charge in [0.15, 0.2) is 5.96 Å². The summed E-state index contributed by atoms with van der Waals surface area (Å²) in [4.78, 5) is 6.41. The molecule has 0 aliphatic carbocycles. The van der Waals surface area contributed by atoms with Crippen molar-refractivity contribution in [2.75, 3.05) is 34.3 Å². The standard InChI is InChI=1S/C20H27FN4O.HI/c1-22-20(24-14-16-6-10-19(26-3)11-7-16)23-12-13-25(2)15-17-4-8-18(21)9-5-17;/h4-11H,12-15H2,1-3H3,(H2,22,23,24);1H. The van der Waals surface area contributed by atoms with Crippen molar-refractivity contribution < 1.29 is 9.13 Å². The van der Waals surface area contributed by atoms with Gasteiger partial charge >= 0.3 is 0 Å². The van der Waals surface area contributed by atoms with Gasteiger partial charge in [0, 0.05) is 33.2 Å². The number of benzene rings is 2. The van der Waals surface area contributed by atoms with E-state index in [4.69, 9.17) is 4.74 Å². The smallest absolute Gasteiger partial charge is 0.191 e. The number of nitrogens with zero attached hydrogens (tertiary/aromatic N) is 2. The summed E-state index contributed by atoms with van der Waals surface area (Å²) in [6, 6.07) is 14.5. The zero-order valence-corrected chi connectivity index (χ0v) is 18.4. The van der Waals surface area contributed by atoms with E-state index >= 15 is 0 Å². The van der Waals surface area contributed by atoms with Crippen molar-refractivity contribution in [1.82, 2.24) is 15.5 Å². The molecule has 5 nitrogen and oxygen atoms in total. The van der Waals surface area contributed by atoms with Crippen LogP contribution in [0.1, 0.15) is 11.1 Å². The largest absolute Gasteiger partial charge is 0.497 e. The summed E-state index contributed by atoms with van der Waals surface area (Å²) >= 11 is 0. The first-order chi connectivity index (χ1) is 12.6. The minimum Gasteiger partial charge on any atom is -0.497 e. The lowest BCUT2D eigenvalue weighted by atomic mass is 10.2. The van der Waals surface area contributed by atoms with Crippen molar-refractivity contribution in [2.45, 2.75) is 13.1 Å². The van der Waals surface area contributed by atoms with Gasteiger partial charge in [-0.3, -0.25) is 4.99 Å². The number of aliphatic imine (C=N–C) groups is 1. The second-order valence-electron chi connectivity index (χ2n) is 6.06. The second-order valence-corrected chi connectivity index (χ2v) is 6.06. The van der Waals surface area contributed by atoms with Gasteiger partial charge in [0.05, 0.1) is 7.11 Å². The van der Waals surface area contributed by atoms with Gasteiger partial charge in [0.2, 0.25) is 0 Å². The molecule has 2 aromatic rings. The molecule has 2 N–H and O–H groups in total. The number of nitrogens with one attached hydrogen (secondary N) is 2.